The van der Waals surface area contributed by atoms with E-state index >= 15 is 0 Å². The van der Waals surface area contributed by atoms with E-state index < -0.39 is 23.3 Å². The molecule has 5 aromatic carbocycles. The summed E-state index contributed by atoms with van der Waals surface area (Å²) < 4.78 is 0. The van der Waals surface area contributed by atoms with Crippen LogP contribution in [0.1, 0.15) is 40.2 Å². The SMILES string of the molecule is O=C(CC(c1ccccc1)(c1ccccc1)c1ccccc1)N[C@@H](C(=O)O)C(c1ccccc1)c1ccccc1. The molecule has 0 fully saturated rings. The summed E-state index contributed by atoms with van der Waals surface area (Å²) in [4.78, 5) is 26.9. The van der Waals surface area contributed by atoms with Gasteiger partial charge in [0, 0.05) is 12.3 Å². The van der Waals surface area contributed by atoms with Crippen LogP contribution in [0.2, 0.25) is 0 Å². The Hall–Kier alpha value is -4.96. The van der Waals surface area contributed by atoms with Gasteiger partial charge >= 0.3 is 5.97 Å². The average molecular weight is 526 g/mol. The second-order valence-corrected chi connectivity index (χ2v) is 9.86. The van der Waals surface area contributed by atoms with Crippen LogP contribution in [-0.4, -0.2) is 23.0 Å². The molecule has 0 heterocycles. The maximum Gasteiger partial charge on any atom is 0.327 e. The predicted octanol–water partition coefficient (Wildman–Crippen LogP) is 6.81. The number of carbonyl (C=O) groups is 2. The number of nitrogens with one attached hydrogen (secondary N) is 1. The topological polar surface area (TPSA) is 66.4 Å². The molecule has 0 radical (unpaired) electrons. The Balaban J connectivity index is 1.59. The molecule has 1 amide bonds. The number of carbonyl (C=O) groups excluding carboxylic acids is 1. The first kappa shape index (κ1) is 26.6. The molecule has 0 bridgehead atoms. The van der Waals surface area contributed by atoms with Crippen LogP contribution >= 0.6 is 0 Å². The van der Waals surface area contributed by atoms with Crippen LogP contribution in [0.5, 0.6) is 0 Å². The zero-order chi connectivity index (χ0) is 27.8. The Morgan fingerprint density at radius 1 is 0.550 bits per heavy atom. The molecular weight excluding hydrogens is 494 g/mol. The van der Waals surface area contributed by atoms with E-state index in [0.717, 1.165) is 27.8 Å². The summed E-state index contributed by atoms with van der Waals surface area (Å²) in [6.07, 6.45) is 0.0329. The maximum absolute atomic E-state index is 14.1. The van der Waals surface area contributed by atoms with Crippen LogP contribution in [0.3, 0.4) is 0 Å². The van der Waals surface area contributed by atoms with Crippen molar-refractivity contribution in [3.8, 4) is 0 Å². The molecule has 0 saturated heterocycles. The van der Waals surface area contributed by atoms with E-state index in [-0.39, 0.29) is 12.3 Å². The summed E-state index contributed by atoms with van der Waals surface area (Å²) in [5.41, 5.74) is 3.68. The van der Waals surface area contributed by atoms with Crippen LogP contribution in [0.15, 0.2) is 152 Å². The van der Waals surface area contributed by atoms with Crippen molar-refractivity contribution < 1.29 is 14.7 Å². The van der Waals surface area contributed by atoms with Crippen LogP contribution in [0, 0.1) is 0 Å². The Kier molecular flexibility index (Phi) is 8.17. The summed E-state index contributed by atoms with van der Waals surface area (Å²) in [6, 6.07) is 47.6. The van der Waals surface area contributed by atoms with Crippen molar-refractivity contribution in [2.45, 2.75) is 23.8 Å². The third-order valence-corrected chi connectivity index (χ3v) is 7.46. The van der Waals surface area contributed by atoms with Gasteiger partial charge in [-0.15, -0.1) is 0 Å². The second kappa shape index (κ2) is 12.3. The molecule has 0 aliphatic carbocycles. The van der Waals surface area contributed by atoms with Gasteiger partial charge in [-0.05, 0) is 27.8 Å². The molecule has 4 heteroatoms. The van der Waals surface area contributed by atoms with Gasteiger partial charge in [-0.1, -0.05) is 152 Å². The lowest BCUT2D eigenvalue weighted by atomic mass is 9.67. The van der Waals surface area contributed by atoms with Gasteiger partial charge in [0.1, 0.15) is 6.04 Å². The minimum absolute atomic E-state index is 0.0329. The van der Waals surface area contributed by atoms with Crippen LogP contribution < -0.4 is 5.32 Å². The number of hydrogen-bond donors (Lipinski definition) is 2. The van der Waals surface area contributed by atoms with Crippen molar-refractivity contribution in [2.75, 3.05) is 0 Å². The van der Waals surface area contributed by atoms with Gasteiger partial charge in [0.05, 0.1) is 5.41 Å². The molecule has 1 atom stereocenters. The lowest BCUT2D eigenvalue weighted by Crippen LogP contribution is -2.47. The van der Waals surface area contributed by atoms with E-state index in [0.29, 0.717) is 0 Å². The van der Waals surface area contributed by atoms with Gasteiger partial charge in [-0.2, -0.15) is 0 Å². The van der Waals surface area contributed by atoms with E-state index in [1.54, 1.807) is 0 Å². The van der Waals surface area contributed by atoms with Crippen LogP contribution in [-0.2, 0) is 15.0 Å². The predicted molar refractivity (Wildman–Crippen MR) is 158 cm³/mol. The first-order chi connectivity index (χ1) is 19.6. The van der Waals surface area contributed by atoms with Gasteiger partial charge in [-0.25, -0.2) is 4.79 Å². The fraction of sp³-hybridized carbons (Fsp3) is 0.111. The van der Waals surface area contributed by atoms with E-state index in [2.05, 4.69) is 5.32 Å². The quantitative estimate of drug-likeness (QED) is 0.197. The van der Waals surface area contributed by atoms with Crippen LogP contribution in [0.4, 0.5) is 0 Å². The summed E-state index contributed by atoms with van der Waals surface area (Å²) in [6.45, 7) is 0. The normalized spacial score (nSPS) is 12.0. The molecule has 4 nitrogen and oxygen atoms in total. The van der Waals surface area contributed by atoms with E-state index in [4.69, 9.17) is 0 Å². The van der Waals surface area contributed by atoms with Gasteiger partial charge in [0.2, 0.25) is 5.91 Å². The zero-order valence-corrected chi connectivity index (χ0v) is 22.1. The largest absolute Gasteiger partial charge is 0.480 e. The number of carboxylic acid groups (broad SMARTS) is 1. The third kappa shape index (κ3) is 5.57. The Labute approximate surface area is 235 Å². The number of rotatable bonds is 10. The molecule has 40 heavy (non-hydrogen) atoms. The Bertz CT molecular complexity index is 1390. The molecule has 0 aliphatic rings. The first-order valence-corrected chi connectivity index (χ1v) is 13.4. The summed E-state index contributed by atoms with van der Waals surface area (Å²) in [5, 5.41) is 13.4. The van der Waals surface area contributed by atoms with E-state index in [9.17, 15) is 14.7 Å². The minimum Gasteiger partial charge on any atom is -0.480 e. The van der Waals surface area contributed by atoms with Gasteiger partial charge in [0.15, 0.2) is 0 Å². The fourth-order valence-electron chi connectivity index (χ4n) is 5.63. The summed E-state index contributed by atoms with van der Waals surface area (Å²) >= 11 is 0. The van der Waals surface area contributed by atoms with Gasteiger partial charge in [-0.3, -0.25) is 4.79 Å². The van der Waals surface area contributed by atoms with E-state index in [1.807, 2.05) is 152 Å². The highest BCUT2D eigenvalue weighted by Gasteiger charge is 2.40. The number of amides is 1. The standard InChI is InChI=1S/C36H31NO3/c38-32(37-34(35(39)40)33(27-16-6-1-7-17-27)28-18-8-2-9-19-28)26-36(29-20-10-3-11-21-29,30-22-12-4-13-23-30)31-24-14-5-15-25-31/h1-25,33-34H,26H2,(H,37,38)(H,39,40)/t34-/m1/s1. The first-order valence-electron chi connectivity index (χ1n) is 13.4. The van der Waals surface area contributed by atoms with Crippen molar-refractivity contribution in [3.63, 3.8) is 0 Å². The molecule has 0 spiro atoms. The summed E-state index contributed by atoms with van der Waals surface area (Å²) in [7, 11) is 0. The van der Waals surface area contributed by atoms with Crippen LogP contribution in [0.25, 0.3) is 0 Å². The number of benzene rings is 5. The maximum atomic E-state index is 14.1. The molecule has 2 N–H and O–H groups in total. The highest BCUT2D eigenvalue weighted by atomic mass is 16.4. The number of aliphatic carboxylic acids is 1. The van der Waals surface area contributed by atoms with Gasteiger partial charge < -0.3 is 10.4 Å². The molecule has 198 valence electrons. The van der Waals surface area contributed by atoms with Crippen molar-refractivity contribution in [3.05, 3.63) is 179 Å². The second-order valence-electron chi connectivity index (χ2n) is 9.86. The Morgan fingerprint density at radius 2 is 0.875 bits per heavy atom. The smallest absolute Gasteiger partial charge is 0.327 e. The minimum atomic E-state index is -1.17. The lowest BCUT2D eigenvalue weighted by Gasteiger charge is -2.36. The lowest BCUT2D eigenvalue weighted by molar-refractivity contribution is -0.142. The van der Waals surface area contributed by atoms with Gasteiger partial charge in [0.25, 0.3) is 0 Å². The monoisotopic (exact) mass is 525 g/mol. The van der Waals surface area contributed by atoms with Crippen molar-refractivity contribution in [2.24, 2.45) is 0 Å². The molecular formula is C36H31NO3. The average Bonchev–Trinajstić information content (AvgIpc) is 3.02. The molecule has 0 saturated carbocycles. The fourth-order valence-corrected chi connectivity index (χ4v) is 5.63. The van der Waals surface area contributed by atoms with Crippen molar-refractivity contribution >= 4 is 11.9 Å². The van der Waals surface area contributed by atoms with Crippen molar-refractivity contribution in [1.29, 1.82) is 0 Å². The van der Waals surface area contributed by atoms with E-state index in [1.165, 1.54) is 0 Å². The molecule has 0 aromatic heterocycles. The van der Waals surface area contributed by atoms with Crippen molar-refractivity contribution in [1.82, 2.24) is 5.32 Å². The molecule has 0 unspecified atom stereocenters. The summed E-state index contributed by atoms with van der Waals surface area (Å²) in [5.74, 6) is -2.00. The number of carboxylic acids is 1. The molecule has 5 aromatic rings. The third-order valence-electron chi connectivity index (χ3n) is 7.46. The highest BCUT2D eigenvalue weighted by Crippen LogP contribution is 2.42. The zero-order valence-electron chi connectivity index (χ0n) is 22.1. The highest BCUT2D eigenvalue weighted by molar-refractivity contribution is 5.86. The Morgan fingerprint density at radius 3 is 1.20 bits per heavy atom. The number of hydrogen-bond acceptors (Lipinski definition) is 2. The molecule has 5 rings (SSSR count). The molecule has 0 aliphatic heterocycles.